The molecule has 0 radical (unpaired) electrons. The number of aryl methyl sites for hydroxylation is 1. The molecule has 26 heavy (non-hydrogen) atoms. The van der Waals surface area contributed by atoms with Gasteiger partial charge in [0.15, 0.2) is 0 Å². The van der Waals surface area contributed by atoms with Gasteiger partial charge < -0.3 is 19.8 Å². The number of fused-ring (bicyclic) bond motifs is 1. The molecule has 2 atom stereocenters. The first-order valence-electron chi connectivity index (χ1n) is 9.69. The average Bonchev–Trinajstić information content (AvgIpc) is 3.24. The van der Waals surface area contributed by atoms with E-state index in [4.69, 9.17) is 0 Å². The third kappa shape index (κ3) is 3.58. The maximum absolute atomic E-state index is 9.94. The van der Waals surface area contributed by atoms with Gasteiger partial charge in [-0.05, 0) is 25.5 Å². The highest BCUT2D eigenvalue weighted by atomic mass is 32.1. The zero-order valence-corrected chi connectivity index (χ0v) is 16.6. The lowest BCUT2D eigenvalue weighted by Gasteiger charge is -2.36. The summed E-state index contributed by atoms with van der Waals surface area (Å²) in [6.07, 6.45) is 1.68. The smallest absolute Gasteiger partial charge is 0.140 e. The molecule has 0 aliphatic carbocycles. The van der Waals surface area contributed by atoms with Crippen molar-refractivity contribution in [1.29, 1.82) is 0 Å². The number of aliphatic hydroxyl groups excluding tert-OH is 1. The molecule has 7 heteroatoms. The standard InChI is InChI=1S/C19H29N5OS/c1-3-22-4-6-23(7-5-22)9-15-10-24(11-16(15)12-25)18-17-8-14(2)26-19(17)21-13-20-18/h8,13,15-16,25H,3-7,9-12H2,1-2H3/t15-,16-/m0/s1. The first kappa shape index (κ1) is 18.1. The van der Waals surface area contributed by atoms with Crippen LogP contribution in [0.1, 0.15) is 11.8 Å². The van der Waals surface area contributed by atoms with Crippen molar-refractivity contribution in [2.24, 2.45) is 11.8 Å². The van der Waals surface area contributed by atoms with Crippen molar-refractivity contribution < 1.29 is 5.11 Å². The first-order valence-corrected chi connectivity index (χ1v) is 10.5. The summed E-state index contributed by atoms with van der Waals surface area (Å²) in [6.45, 7) is 13.3. The molecule has 2 aliphatic rings. The lowest BCUT2D eigenvalue weighted by atomic mass is 9.96. The van der Waals surface area contributed by atoms with Crippen molar-refractivity contribution in [1.82, 2.24) is 19.8 Å². The van der Waals surface area contributed by atoms with Crippen LogP contribution in [0.25, 0.3) is 10.2 Å². The van der Waals surface area contributed by atoms with Gasteiger partial charge >= 0.3 is 0 Å². The number of hydrogen-bond donors (Lipinski definition) is 1. The molecular weight excluding hydrogens is 346 g/mol. The van der Waals surface area contributed by atoms with Crippen LogP contribution in [0, 0.1) is 18.8 Å². The molecule has 2 aromatic heterocycles. The lowest BCUT2D eigenvalue weighted by molar-refractivity contribution is 0.106. The molecule has 2 aliphatic heterocycles. The van der Waals surface area contributed by atoms with Crippen LogP contribution in [-0.4, -0.2) is 83.8 Å². The summed E-state index contributed by atoms with van der Waals surface area (Å²) >= 11 is 1.72. The van der Waals surface area contributed by atoms with Gasteiger partial charge in [-0.25, -0.2) is 9.97 Å². The number of rotatable bonds is 5. The van der Waals surface area contributed by atoms with Gasteiger partial charge in [0.2, 0.25) is 0 Å². The van der Waals surface area contributed by atoms with E-state index in [0.29, 0.717) is 11.8 Å². The first-order chi connectivity index (χ1) is 12.7. The SMILES string of the molecule is CCN1CCN(C[C@H]2CN(c3ncnc4sc(C)cc34)C[C@H]2CO)CC1. The minimum atomic E-state index is 0.257. The third-order valence-electron chi connectivity index (χ3n) is 5.95. The van der Waals surface area contributed by atoms with Crippen molar-refractivity contribution in [3.05, 3.63) is 17.3 Å². The second-order valence-electron chi connectivity index (χ2n) is 7.62. The summed E-state index contributed by atoms with van der Waals surface area (Å²) in [7, 11) is 0. The number of piperazine rings is 1. The Morgan fingerprint density at radius 1 is 1.12 bits per heavy atom. The van der Waals surface area contributed by atoms with Gasteiger partial charge in [-0.2, -0.15) is 0 Å². The van der Waals surface area contributed by atoms with Crippen LogP contribution in [0.15, 0.2) is 12.4 Å². The zero-order chi connectivity index (χ0) is 18.1. The number of anilines is 1. The highest BCUT2D eigenvalue weighted by molar-refractivity contribution is 7.18. The van der Waals surface area contributed by atoms with E-state index in [1.54, 1.807) is 17.7 Å². The lowest BCUT2D eigenvalue weighted by Crippen LogP contribution is -2.48. The van der Waals surface area contributed by atoms with Crippen LogP contribution in [0.2, 0.25) is 0 Å². The van der Waals surface area contributed by atoms with Gasteiger partial charge in [0.25, 0.3) is 0 Å². The number of nitrogens with zero attached hydrogens (tertiary/aromatic N) is 5. The summed E-state index contributed by atoms with van der Waals surface area (Å²) in [5.74, 6) is 1.86. The van der Waals surface area contributed by atoms with Crippen LogP contribution < -0.4 is 4.90 Å². The molecule has 2 fully saturated rings. The summed E-state index contributed by atoms with van der Waals surface area (Å²) < 4.78 is 0. The topological polar surface area (TPSA) is 55.7 Å². The normalized spacial score (nSPS) is 25.4. The highest BCUT2D eigenvalue weighted by Crippen LogP contribution is 2.34. The molecule has 0 amide bonds. The van der Waals surface area contributed by atoms with Crippen molar-refractivity contribution in [3.8, 4) is 0 Å². The summed E-state index contributed by atoms with van der Waals surface area (Å²) in [4.78, 5) is 18.8. The zero-order valence-electron chi connectivity index (χ0n) is 15.8. The molecule has 4 heterocycles. The Balaban J connectivity index is 1.47. The Hall–Kier alpha value is -1.28. The number of aliphatic hydroxyl groups is 1. The molecule has 0 saturated carbocycles. The number of thiophene rings is 1. The van der Waals surface area contributed by atoms with E-state index < -0.39 is 0 Å². The Labute approximate surface area is 159 Å². The van der Waals surface area contributed by atoms with Crippen LogP contribution in [0.5, 0.6) is 0 Å². The van der Waals surface area contributed by atoms with E-state index in [2.05, 4.69) is 44.6 Å². The predicted molar refractivity (Wildman–Crippen MR) is 107 cm³/mol. The van der Waals surface area contributed by atoms with Crippen molar-refractivity contribution >= 4 is 27.4 Å². The Morgan fingerprint density at radius 2 is 1.85 bits per heavy atom. The van der Waals surface area contributed by atoms with Gasteiger partial charge in [0, 0.05) is 63.2 Å². The summed E-state index contributed by atoms with van der Waals surface area (Å²) in [5.41, 5.74) is 0. The molecule has 2 saturated heterocycles. The van der Waals surface area contributed by atoms with Gasteiger partial charge in [-0.15, -0.1) is 11.3 Å². The van der Waals surface area contributed by atoms with E-state index in [-0.39, 0.29) is 6.61 Å². The fourth-order valence-corrected chi connectivity index (χ4v) is 5.20. The molecular formula is C19H29N5OS. The van der Waals surface area contributed by atoms with Crippen molar-refractivity contribution in [2.45, 2.75) is 13.8 Å². The average molecular weight is 376 g/mol. The maximum Gasteiger partial charge on any atom is 0.140 e. The molecule has 142 valence electrons. The molecule has 0 spiro atoms. The third-order valence-corrected chi connectivity index (χ3v) is 6.91. The van der Waals surface area contributed by atoms with Crippen LogP contribution >= 0.6 is 11.3 Å². The minimum Gasteiger partial charge on any atom is -0.396 e. The van der Waals surface area contributed by atoms with Gasteiger partial charge in [-0.3, -0.25) is 0 Å². The molecule has 2 aromatic rings. The van der Waals surface area contributed by atoms with Crippen LogP contribution in [0.4, 0.5) is 5.82 Å². The number of aromatic nitrogens is 2. The number of likely N-dealkylation sites (N-methyl/N-ethyl adjacent to an activating group) is 1. The van der Waals surface area contributed by atoms with Gasteiger partial charge in [0.1, 0.15) is 17.0 Å². The van der Waals surface area contributed by atoms with E-state index in [9.17, 15) is 5.11 Å². The fourth-order valence-electron chi connectivity index (χ4n) is 4.36. The van der Waals surface area contributed by atoms with E-state index in [0.717, 1.165) is 68.4 Å². The van der Waals surface area contributed by atoms with E-state index >= 15 is 0 Å². The second-order valence-corrected chi connectivity index (χ2v) is 8.85. The minimum absolute atomic E-state index is 0.257. The van der Waals surface area contributed by atoms with Gasteiger partial charge in [0.05, 0.1) is 5.39 Å². The molecule has 0 aromatic carbocycles. The highest BCUT2D eigenvalue weighted by Gasteiger charge is 2.35. The number of hydrogen-bond acceptors (Lipinski definition) is 7. The molecule has 0 unspecified atom stereocenters. The fraction of sp³-hybridized carbons (Fsp3) is 0.684. The molecule has 1 N–H and O–H groups in total. The van der Waals surface area contributed by atoms with Crippen molar-refractivity contribution in [3.63, 3.8) is 0 Å². The Kier molecular flexibility index (Phi) is 5.40. The largest absolute Gasteiger partial charge is 0.396 e. The Bertz CT molecular complexity index is 743. The Morgan fingerprint density at radius 3 is 2.58 bits per heavy atom. The summed E-state index contributed by atoms with van der Waals surface area (Å²) in [5, 5.41) is 11.1. The monoisotopic (exact) mass is 375 g/mol. The molecule has 6 nitrogen and oxygen atoms in total. The van der Waals surface area contributed by atoms with E-state index in [1.807, 2.05) is 0 Å². The molecule has 4 rings (SSSR count). The van der Waals surface area contributed by atoms with Gasteiger partial charge in [-0.1, -0.05) is 6.92 Å². The van der Waals surface area contributed by atoms with Crippen LogP contribution in [0.3, 0.4) is 0 Å². The van der Waals surface area contributed by atoms with E-state index in [1.165, 1.54) is 4.88 Å². The quantitative estimate of drug-likeness (QED) is 0.858. The predicted octanol–water partition coefficient (Wildman–Crippen LogP) is 1.68. The summed E-state index contributed by atoms with van der Waals surface area (Å²) in [6, 6.07) is 2.20. The second kappa shape index (κ2) is 7.76. The van der Waals surface area contributed by atoms with Crippen LogP contribution in [-0.2, 0) is 0 Å². The maximum atomic E-state index is 9.94. The molecule has 0 bridgehead atoms. The van der Waals surface area contributed by atoms with Crippen molar-refractivity contribution in [2.75, 3.05) is 63.9 Å².